The zero-order chi connectivity index (χ0) is 8.43. The van der Waals surface area contributed by atoms with Crippen molar-refractivity contribution in [1.82, 2.24) is 4.90 Å². The minimum Gasteiger partial charge on any atom is -0.394 e. The molecule has 1 N–H and O–H groups in total. The fourth-order valence-corrected chi connectivity index (χ4v) is 1.42. The first-order valence-electron chi connectivity index (χ1n) is 3.67. The lowest BCUT2D eigenvalue weighted by molar-refractivity contribution is -0.130. The van der Waals surface area contributed by atoms with E-state index in [9.17, 15) is 9.18 Å². The molecule has 3 nitrogen and oxygen atoms in total. The van der Waals surface area contributed by atoms with Crippen LogP contribution in [0.25, 0.3) is 0 Å². The summed E-state index contributed by atoms with van der Waals surface area (Å²) in [4.78, 5) is 12.2. The second-order valence-electron chi connectivity index (χ2n) is 2.84. The SMILES string of the molecule is CC(=O)N1CC(F)CC1CO. The number of carbonyl (C=O) groups excluding carboxylic acids is 1. The highest BCUT2D eigenvalue weighted by molar-refractivity contribution is 5.74. The van der Waals surface area contributed by atoms with Crippen LogP contribution in [0.2, 0.25) is 0 Å². The van der Waals surface area contributed by atoms with Crippen LogP contribution in [-0.4, -0.2) is 41.3 Å². The Balaban J connectivity index is 2.57. The van der Waals surface area contributed by atoms with Gasteiger partial charge in [-0.25, -0.2) is 4.39 Å². The second-order valence-corrected chi connectivity index (χ2v) is 2.84. The van der Waals surface area contributed by atoms with Gasteiger partial charge in [0.25, 0.3) is 0 Å². The van der Waals surface area contributed by atoms with E-state index in [1.807, 2.05) is 0 Å². The lowest BCUT2D eigenvalue weighted by atomic mass is 10.2. The van der Waals surface area contributed by atoms with Gasteiger partial charge in [-0.05, 0) is 0 Å². The monoisotopic (exact) mass is 161 g/mol. The molecule has 64 valence electrons. The summed E-state index contributed by atoms with van der Waals surface area (Å²) in [6.45, 7) is 1.39. The molecule has 0 bridgehead atoms. The van der Waals surface area contributed by atoms with E-state index in [2.05, 4.69) is 0 Å². The van der Waals surface area contributed by atoms with Gasteiger partial charge in [0.05, 0.1) is 19.2 Å². The first-order chi connectivity index (χ1) is 5.15. The fraction of sp³-hybridized carbons (Fsp3) is 0.857. The fourth-order valence-electron chi connectivity index (χ4n) is 1.42. The summed E-state index contributed by atoms with van der Waals surface area (Å²) in [5, 5.41) is 8.74. The van der Waals surface area contributed by atoms with Crippen molar-refractivity contribution in [2.75, 3.05) is 13.2 Å². The molecule has 4 heteroatoms. The number of likely N-dealkylation sites (tertiary alicyclic amines) is 1. The van der Waals surface area contributed by atoms with Crippen LogP contribution >= 0.6 is 0 Å². The molecule has 1 heterocycles. The van der Waals surface area contributed by atoms with Crippen LogP contribution in [0.15, 0.2) is 0 Å². The summed E-state index contributed by atoms with van der Waals surface area (Å²) in [7, 11) is 0. The van der Waals surface area contributed by atoms with Gasteiger partial charge in [-0.15, -0.1) is 0 Å². The van der Waals surface area contributed by atoms with Crippen molar-refractivity contribution in [3.63, 3.8) is 0 Å². The van der Waals surface area contributed by atoms with Crippen molar-refractivity contribution in [3.8, 4) is 0 Å². The number of carbonyl (C=O) groups is 1. The number of alkyl halides is 1. The van der Waals surface area contributed by atoms with E-state index in [1.54, 1.807) is 0 Å². The summed E-state index contributed by atoms with van der Waals surface area (Å²) < 4.78 is 12.7. The van der Waals surface area contributed by atoms with E-state index in [4.69, 9.17) is 5.11 Å². The molecule has 2 unspecified atom stereocenters. The Hall–Kier alpha value is -0.640. The van der Waals surface area contributed by atoms with Crippen LogP contribution in [0.3, 0.4) is 0 Å². The number of halogens is 1. The van der Waals surface area contributed by atoms with Gasteiger partial charge in [0.2, 0.25) is 5.91 Å². The third-order valence-electron chi connectivity index (χ3n) is 1.98. The molecule has 0 spiro atoms. The molecule has 1 saturated heterocycles. The summed E-state index contributed by atoms with van der Waals surface area (Å²) in [6.07, 6.45) is -0.688. The van der Waals surface area contributed by atoms with Crippen molar-refractivity contribution < 1.29 is 14.3 Å². The van der Waals surface area contributed by atoms with Gasteiger partial charge in [-0.2, -0.15) is 0 Å². The average molecular weight is 161 g/mol. The Morgan fingerprint density at radius 2 is 2.45 bits per heavy atom. The van der Waals surface area contributed by atoms with Crippen LogP contribution in [0.5, 0.6) is 0 Å². The van der Waals surface area contributed by atoms with E-state index >= 15 is 0 Å². The summed E-state index contributed by atoms with van der Waals surface area (Å²) in [5.41, 5.74) is 0. The minimum atomic E-state index is -0.962. The molecule has 0 radical (unpaired) electrons. The topological polar surface area (TPSA) is 40.5 Å². The van der Waals surface area contributed by atoms with Crippen molar-refractivity contribution in [3.05, 3.63) is 0 Å². The Kier molecular flexibility index (Phi) is 2.44. The highest BCUT2D eigenvalue weighted by Crippen LogP contribution is 2.19. The van der Waals surface area contributed by atoms with Crippen molar-refractivity contribution in [1.29, 1.82) is 0 Å². The molecule has 1 aliphatic rings. The van der Waals surface area contributed by atoms with E-state index in [-0.39, 0.29) is 31.5 Å². The standard InChI is InChI=1S/C7H12FNO2/c1-5(11)9-3-6(8)2-7(9)4-10/h6-7,10H,2-4H2,1H3. The third-order valence-corrected chi connectivity index (χ3v) is 1.98. The predicted octanol–water partition coefficient (Wildman–Crippen LogP) is -0.0624. The maximum absolute atomic E-state index is 12.7. The number of aliphatic hydroxyl groups excluding tert-OH is 1. The molecule has 11 heavy (non-hydrogen) atoms. The first-order valence-corrected chi connectivity index (χ1v) is 3.67. The minimum absolute atomic E-state index is 0.139. The average Bonchev–Trinajstić information content (AvgIpc) is 2.30. The van der Waals surface area contributed by atoms with E-state index in [0.717, 1.165) is 0 Å². The molecule has 1 fully saturated rings. The molecule has 0 aromatic heterocycles. The first kappa shape index (κ1) is 8.46. The highest BCUT2D eigenvalue weighted by Gasteiger charge is 2.32. The number of amides is 1. The zero-order valence-electron chi connectivity index (χ0n) is 6.46. The lowest BCUT2D eigenvalue weighted by Crippen LogP contribution is -2.36. The van der Waals surface area contributed by atoms with E-state index < -0.39 is 6.17 Å². The maximum Gasteiger partial charge on any atom is 0.219 e. The normalized spacial score (nSPS) is 31.0. The summed E-state index contributed by atoms with van der Waals surface area (Å²) in [6, 6.07) is -0.303. The number of aliphatic hydroxyl groups is 1. The highest BCUT2D eigenvalue weighted by atomic mass is 19.1. The van der Waals surface area contributed by atoms with E-state index in [0.29, 0.717) is 0 Å². The van der Waals surface area contributed by atoms with Crippen LogP contribution < -0.4 is 0 Å². The zero-order valence-corrected chi connectivity index (χ0v) is 6.46. The number of hydrogen-bond donors (Lipinski definition) is 1. The quantitative estimate of drug-likeness (QED) is 0.585. The molecule has 1 aliphatic heterocycles. The van der Waals surface area contributed by atoms with Gasteiger partial charge in [0.15, 0.2) is 0 Å². The van der Waals surface area contributed by atoms with E-state index in [1.165, 1.54) is 11.8 Å². The smallest absolute Gasteiger partial charge is 0.219 e. The number of nitrogens with zero attached hydrogens (tertiary/aromatic N) is 1. The Morgan fingerprint density at radius 3 is 2.82 bits per heavy atom. The molecular weight excluding hydrogens is 149 g/mol. The van der Waals surface area contributed by atoms with Crippen LogP contribution in [-0.2, 0) is 4.79 Å². The van der Waals surface area contributed by atoms with Crippen LogP contribution in [0, 0.1) is 0 Å². The van der Waals surface area contributed by atoms with Crippen molar-refractivity contribution in [2.24, 2.45) is 0 Å². The van der Waals surface area contributed by atoms with Gasteiger partial charge >= 0.3 is 0 Å². The van der Waals surface area contributed by atoms with Crippen molar-refractivity contribution >= 4 is 5.91 Å². The van der Waals surface area contributed by atoms with Gasteiger partial charge in [0.1, 0.15) is 6.17 Å². The number of rotatable bonds is 1. The molecule has 0 aromatic rings. The van der Waals surface area contributed by atoms with Gasteiger partial charge in [0, 0.05) is 13.3 Å². The Bertz CT molecular complexity index is 163. The molecule has 0 saturated carbocycles. The summed E-state index contributed by atoms with van der Waals surface area (Å²) in [5.74, 6) is -0.163. The molecule has 1 rings (SSSR count). The predicted molar refractivity (Wildman–Crippen MR) is 37.8 cm³/mol. The van der Waals surface area contributed by atoms with Gasteiger partial charge < -0.3 is 10.0 Å². The van der Waals surface area contributed by atoms with Gasteiger partial charge in [-0.3, -0.25) is 4.79 Å². The maximum atomic E-state index is 12.7. The third kappa shape index (κ3) is 1.68. The van der Waals surface area contributed by atoms with Crippen LogP contribution in [0.1, 0.15) is 13.3 Å². The Labute approximate surface area is 64.8 Å². The number of hydrogen-bond acceptors (Lipinski definition) is 2. The Morgan fingerprint density at radius 1 is 1.82 bits per heavy atom. The van der Waals surface area contributed by atoms with Crippen molar-refractivity contribution in [2.45, 2.75) is 25.6 Å². The summed E-state index contributed by atoms with van der Waals surface area (Å²) >= 11 is 0. The molecule has 2 atom stereocenters. The van der Waals surface area contributed by atoms with Gasteiger partial charge in [-0.1, -0.05) is 0 Å². The van der Waals surface area contributed by atoms with Crippen LogP contribution in [0.4, 0.5) is 4.39 Å². The molecule has 0 aliphatic carbocycles. The lowest BCUT2D eigenvalue weighted by Gasteiger charge is -2.20. The largest absolute Gasteiger partial charge is 0.394 e. The molecule has 1 amide bonds. The molecule has 0 aromatic carbocycles. The molecular formula is C7H12FNO2. The second kappa shape index (κ2) is 3.17.